The van der Waals surface area contributed by atoms with Crippen LogP contribution in [0.3, 0.4) is 0 Å². The van der Waals surface area contributed by atoms with Crippen molar-refractivity contribution in [2.24, 2.45) is 7.05 Å². The molecule has 44 heavy (non-hydrogen) atoms. The first-order valence-corrected chi connectivity index (χ1v) is 14.7. The van der Waals surface area contributed by atoms with Crippen molar-refractivity contribution >= 4 is 45.2 Å². The number of anilines is 3. The van der Waals surface area contributed by atoms with Crippen LogP contribution in [0.5, 0.6) is 17.2 Å². The third-order valence-corrected chi connectivity index (χ3v) is 7.96. The minimum atomic E-state index is -0.552. The molecule has 0 unspecified atom stereocenters. The largest absolute Gasteiger partial charge is 0.489 e. The Labute approximate surface area is 255 Å². The molecule has 2 aliphatic heterocycles. The average Bonchev–Trinajstić information content (AvgIpc) is 3.29. The van der Waals surface area contributed by atoms with Gasteiger partial charge in [0.15, 0.2) is 0 Å². The van der Waals surface area contributed by atoms with Crippen LogP contribution >= 0.6 is 0 Å². The van der Waals surface area contributed by atoms with Crippen molar-refractivity contribution in [2.75, 3.05) is 36.5 Å². The summed E-state index contributed by atoms with van der Waals surface area (Å²) in [7, 11) is 1.97. The summed E-state index contributed by atoms with van der Waals surface area (Å²) in [5, 5.41) is 4.36. The number of hydrogen-bond donors (Lipinski definition) is 1. The zero-order chi connectivity index (χ0) is 30.6. The first kappa shape index (κ1) is 27.8. The Balaban J connectivity index is 1.11. The molecule has 7 rings (SSSR count). The molecule has 11 heteroatoms. The van der Waals surface area contributed by atoms with Gasteiger partial charge in [0.25, 0.3) is 0 Å². The normalized spacial score (nSPS) is 16.3. The molecule has 1 amide bonds. The minimum Gasteiger partial charge on any atom is -0.489 e. The number of amides is 1. The van der Waals surface area contributed by atoms with Crippen LogP contribution in [0.2, 0.25) is 0 Å². The van der Waals surface area contributed by atoms with E-state index in [1.165, 1.54) is 0 Å². The van der Waals surface area contributed by atoms with Gasteiger partial charge in [0.1, 0.15) is 41.6 Å². The maximum Gasteiger partial charge on any atom is 0.410 e. The lowest BCUT2D eigenvalue weighted by Crippen LogP contribution is -2.57. The molecule has 1 atom stereocenters. The van der Waals surface area contributed by atoms with Gasteiger partial charge in [0.05, 0.1) is 34.6 Å². The summed E-state index contributed by atoms with van der Waals surface area (Å²) in [4.78, 5) is 30.5. The van der Waals surface area contributed by atoms with E-state index in [0.29, 0.717) is 32.1 Å². The number of carbonyl (C=O) groups excluding carboxylic acids is 1. The van der Waals surface area contributed by atoms with Crippen LogP contribution in [0.1, 0.15) is 26.3 Å². The number of nitrogens with zero attached hydrogens (tertiary/aromatic N) is 6. The van der Waals surface area contributed by atoms with Crippen molar-refractivity contribution < 1.29 is 19.0 Å². The van der Waals surface area contributed by atoms with Gasteiger partial charge in [0, 0.05) is 49.9 Å². The van der Waals surface area contributed by atoms with Crippen molar-refractivity contribution in [1.29, 1.82) is 0 Å². The Kier molecular flexibility index (Phi) is 6.68. The molecule has 4 heterocycles. The van der Waals surface area contributed by atoms with Crippen molar-refractivity contribution in [1.82, 2.24) is 24.4 Å². The molecule has 1 saturated heterocycles. The number of aryl methyl sites for hydroxylation is 2. The highest BCUT2D eigenvalue weighted by Gasteiger charge is 2.37. The molecule has 11 nitrogen and oxygen atoms in total. The van der Waals surface area contributed by atoms with Crippen LogP contribution in [0.4, 0.5) is 22.0 Å². The second kappa shape index (κ2) is 10.6. The summed E-state index contributed by atoms with van der Waals surface area (Å²) in [6.45, 7) is 9.92. The molecular weight excluding hydrogens is 558 g/mol. The van der Waals surface area contributed by atoms with Crippen LogP contribution in [-0.2, 0) is 11.8 Å². The number of benzene rings is 3. The standard InChI is InChI=1S/C33H35N7O4/c1-20-12-21(6-9-29(20)43-23-7-8-27-26(13-23)36-19-38(27)5)37-31-24-14-28-30(15-25(24)34-18-35-31)42-17-22-16-39(28)10-11-40(22)32(41)44-33(2,3)4/h6-9,12-15,18-19,22H,10-11,16-17H2,1-5H3,(H,34,35,37)/t22-/m0/s1. The van der Waals surface area contributed by atoms with Gasteiger partial charge in [-0.3, -0.25) is 4.90 Å². The first-order valence-electron chi connectivity index (χ1n) is 14.7. The minimum absolute atomic E-state index is 0.118. The monoisotopic (exact) mass is 593 g/mol. The van der Waals surface area contributed by atoms with Gasteiger partial charge in [-0.25, -0.2) is 19.7 Å². The number of hydrogen-bond acceptors (Lipinski definition) is 9. The highest BCUT2D eigenvalue weighted by molar-refractivity contribution is 5.95. The zero-order valence-electron chi connectivity index (χ0n) is 25.5. The molecule has 5 aromatic rings. The molecular formula is C33H35N7O4. The smallest absolute Gasteiger partial charge is 0.410 e. The molecule has 2 aliphatic rings. The fourth-order valence-electron chi connectivity index (χ4n) is 5.78. The topological polar surface area (TPSA) is 107 Å². The number of fused-ring (bicyclic) bond motifs is 6. The van der Waals surface area contributed by atoms with E-state index in [0.717, 1.165) is 56.1 Å². The SMILES string of the molecule is Cc1cc(Nc2ncnc3cc4c(cc23)N2CCN(C(=O)OC(C)(C)C)[C@H](CO4)C2)ccc1Oc1ccc2c(c1)ncn2C. The Morgan fingerprint density at radius 3 is 2.70 bits per heavy atom. The van der Waals surface area contributed by atoms with E-state index in [2.05, 4.69) is 31.2 Å². The highest BCUT2D eigenvalue weighted by Crippen LogP contribution is 2.39. The number of ether oxygens (including phenoxy) is 3. The number of nitrogens with one attached hydrogen (secondary N) is 1. The number of imidazole rings is 1. The summed E-state index contributed by atoms with van der Waals surface area (Å²) < 4.78 is 20.1. The lowest BCUT2D eigenvalue weighted by molar-refractivity contribution is 0.00975. The third kappa shape index (κ3) is 5.29. The Morgan fingerprint density at radius 2 is 1.89 bits per heavy atom. The van der Waals surface area contributed by atoms with Crippen molar-refractivity contribution in [3.05, 3.63) is 66.7 Å². The Bertz CT molecular complexity index is 1900. The molecule has 2 bridgehead atoms. The van der Waals surface area contributed by atoms with Crippen molar-refractivity contribution in [2.45, 2.75) is 39.3 Å². The van der Waals surface area contributed by atoms with E-state index in [4.69, 9.17) is 14.2 Å². The molecule has 0 saturated carbocycles. The van der Waals surface area contributed by atoms with E-state index < -0.39 is 5.60 Å². The predicted octanol–water partition coefficient (Wildman–Crippen LogP) is 6.18. The Hall–Kier alpha value is -5.06. The van der Waals surface area contributed by atoms with Crippen LogP contribution in [0.25, 0.3) is 21.9 Å². The van der Waals surface area contributed by atoms with Crippen LogP contribution in [-0.4, -0.2) is 68.4 Å². The second-order valence-corrected chi connectivity index (χ2v) is 12.4. The number of aromatic nitrogens is 4. The summed E-state index contributed by atoms with van der Waals surface area (Å²) in [6.07, 6.45) is 3.04. The van der Waals surface area contributed by atoms with E-state index in [9.17, 15) is 4.79 Å². The first-order chi connectivity index (χ1) is 21.1. The van der Waals surface area contributed by atoms with Crippen LogP contribution in [0, 0.1) is 6.92 Å². The lowest BCUT2D eigenvalue weighted by Gasteiger charge is -2.40. The molecule has 0 aliphatic carbocycles. The molecule has 2 aromatic heterocycles. The van der Waals surface area contributed by atoms with E-state index in [1.54, 1.807) is 17.6 Å². The van der Waals surface area contributed by atoms with E-state index >= 15 is 0 Å². The van der Waals surface area contributed by atoms with Gasteiger partial charge in [0.2, 0.25) is 0 Å². The van der Waals surface area contributed by atoms with Crippen LogP contribution < -0.4 is 19.7 Å². The van der Waals surface area contributed by atoms with E-state index in [1.807, 2.05) is 81.8 Å². The number of piperazine rings is 1. The van der Waals surface area contributed by atoms with Crippen molar-refractivity contribution in [3.8, 4) is 17.2 Å². The summed E-state index contributed by atoms with van der Waals surface area (Å²) in [5.74, 6) is 2.94. The molecule has 1 N–H and O–H groups in total. The second-order valence-electron chi connectivity index (χ2n) is 12.4. The maximum absolute atomic E-state index is 12.9. The molecule has 3 aromatic carbocycles. The van der Waals surface area contributed by atoms with Gasteiger partial charge in [-0.15, -0.1) is 0 Å². The fraction of sp³-hybridized carbons (Fsp3) is 0.333. The summed E-state index contributed by atoms with van der Waals surface area (Å²) in [5.41, 5.74) is 4.98. The van der Waals surface area contributed by atoms with E-state index in [-0.39, 0.29) is 12.1 Å². The zero-order valence-corrected chi connectivity index (χ0v) is 25.5. The lowest BCUT2D eigenvalue weighted by atomic mass is 10.1. The van der Waals surface area contributed by atoms with Crippen molar-refractivity contribution in [3.63, 3.8) is 0 Å². The maximum atomic E-state index is 12.9. The predicted molar refractivity (Wildman–Crippen MR) is 169 cm³/mol. The average molecular weight is 594 g/mol. The third-order valence-electron chi connectivity index (χ3n) is 7.96. The van der Waals surface area contributed by atoms with Crippen LogP contribution in [0.15, 0.2) is 61.2 Å². The van der Waals surface area contributed by atoms with Gasteiger partial charge in [-0.05, 0) is 69.7 Å². The quantitative estimate of drug-likeness (QED) is 0.261. The molecule has 0 radical (unpaired) electrons. The molecule has 1 fully saturated rings. The summed E-state index contributed by atoms with van der Waals surface area (Å²) >= 11 is 0. The van der Waals surface area contributed by atoms with Gasteiger partial charge < -0.3 is 29.0 Å². The summed E-state index contributed by atoms with van der Waals surface area (Å²) in [6, 6.07) is 15.8. The van der Waals surface area contributed by atoms with Gasteiger partial charge >= 0.3 is 6.09 Å². The van der Waals surface area contributed by atoms with Gasteiger partial charge in [-0.2, -0.15) is 0 Å². The Morgan fingerprint density at radius 1 is 1.02 bits per heavy atom. The molecule has 226 valence electrons. The number of carbonyl (C=O) groups is 1. The fourth-order valence-corrected chi connectivity index (χ4v) is 5.78. The molecule has 0 spiro atoms. The number of rotatable bonds is 4. The highest BCUT2D eigenvalue weighted by atomic mass is 16.6. The van der Waals surface area contributed by atoms with Gasteiger partial charge in [-0.1, -0.05) is 0 Å².